The van der Waals surface area contributed by atoms with Crippen LogP contribution in [0.3, 0.4) is 0 Å². The lowest BCUT2D eigenvalue weighted by atomic mass is 9.87. The summed E-state index contributed by atoms with van der Waals surface area (Å²) < 4.78 is 27.5. The molecule has 0 aliphatic carbocycles. The molecule has 1 N–H and O–H groups in total. The molecule has 4 nitrogen and oxygen atoms in total. The predicted molar refractivity (Wildman–Crippen MR) is 62.0 cm³/mol. The highest BCUT2D eigenvalue weighted by Gasteiger charge is 2.21. The van der Waals surface area contributed by atoms with Gasteiger partial charge in [0, 0.05) is 0 Å². The minimum absolute atomic E-state index is 0.0811. The van der Waals surface area contributed by atoms with E-state index in [1.165, 1.54) is 13.2 Å². The van der Waals surface area contributed by atoms with Crippen molar-refractivity contribution in [2.24, 2.45) is 0 Å². The number of nitrogens with one attached hydrogen (secondary N) is 1. The van der Waals surface area contributed by atoms with Gasteiger partial charge >= 0.3 is 0 Å². The molecule has 16 heavy (non-hydrogen) atoms. The maximum Gasteiger partial charge on any atom is 0.257 e. The highest BCUT2D eigenvalue weighted by atomic mass is 32.2. The van der Waals surface area contributed by atoms with Crippen LogP contribution < -0.4 is 9.88 Å². The fourth-order valence-electron chi connectivity index (χ4n) is 1.35. The zero-order chi connectivity index (χ0) is 12.6. The Morgan fingerprint density at radius 1 is 1.25 bits per heavy atom. The van der Waals surface area contributed by atoms with Crippen LogP contribution in [0.15, 0.2) is 23.1 Å². The summed E-state index contributed by atoms with van der Waals surface area (Å²) in [4.78, 5) is -0.0811. The van der Waals surface area contributed by atoms with E-state index in [9.17, 15) is 8.42 Å². The molecule has 1 aromatic carbocycles. The van der Waals surface area contributed by atoms with Crippen LogP contribution in [-0.2, 0) is 15.4 Å². The third-order valence-corrected chi connectivity index (χ3v) is 3.22. The Morgan fingerprint density at radius 3 is 2.19 bits per heavy atom. The third-order valence-electron chi connectivity index (χ3n) is 2.32. The monoisotopic (exact) mass is 242 g/mol. The van der Waals surface area contributed by atoms with Gasteiger partial charge < -0.3 is 4.74 Å². The molecule has 0 aromatic heterocycles. The molecular formula is C11H16NO3S. The van der Waals surface area contributed by atoms with Gasteiger partial charge in [-0.1, -0.05) is 26.8 Å². The average Bonchev–Trinajstić information content (AvgIpc) is 2.14. The summed E-state index contributed by atoms with van der Waals surface area (Å²) >= 11 is 0. The lowest BCUT2D eigenvalue weighted by molar-refractivity contribution is 0.401. The number of benzene rings is 1. The third kappa shape index (κ3) is 2.74. The van der Waals surface area contributed by atoms with Crippen molar-refractivity contribution in [3.05, 3.63) is 23.8 Å². The van der Waals surface area contributed by atoms with E-state index in [0.29, 0.717) is 0 Å². The molecule has 1 radical (unpaired) electrons. The molecule has 89 valence electrons. The van der Waals surface area contributed by atoms with Crippen LogP contribution in [0.1, 0.15) is 26.3 Å². The maximum atomic E-state index is 11.3. The number of ether oxygens (including phenoxy) is 1. The van der Waals surface area contributed by atoms with E-state index < -0.39 is 10.0 Å². The first-order valence-corrected chi connectivity index (χ1v) is 6.33. The van der Waals surface area contributed by atoms with Crippen LogP contribution in [0, 0.1) is 0 Å². The van der Waals surface area contributed by atoms with Crippen LogP contribution in [0.2, 0.25) is 0 Å². The fourth-order valence-corrected chi connectivity index (χ4v) is 2.05. The molecule has 0 heterocycles. The SMILES string of the molecule is COc1ccc(C(C)(C)C)cc1S([NH])(=O)=O. The summed E-state index contributed by atoms with van der Waals surface area (Å²) in [6, 6.07) is 4.90. The van der Waals surface area contributed by atoms with Crippen LogP contribution in [-0.4, -0.2) is 15.5 Å². The molecule has 5 heteroatoms. The molecule has 0 unspecified atom stereocenters. The summed E-state index contributed by atoms with van der Waals surface area (Å²) in [6.07, 6.45) is 0. The maximum absolute atomic E-state index is 11.3. The van der Waals surface area contributed by atoms with Gasteiger partial charge in [-0.15, -0.1) is 5.14 Å². The molecule has 0 amide bonds. The first-order chi connectivity index (χ1) is 7.16. The second-order valence-corrected chi connectivity index (χ2v) is 6.07. The number of sulfonamides is 1. The van der Waals surface area contributed by atoms with E-state index in [2.05, 4.69) is 0 Å². The summed E-state index contributed by atoms with van der Waals surface area (Å²) in [5.41, 5.74) is 0.699. The van der Waals surface area contributed by atoms with E-state index in [0.717, 1.165) is 5.56 Å². The molecule has 0 fully saturated rings. The van der Waals surface area contributed by atoms with E-state index in [1.54, 1.807) is 6.07 Å². The van der Waals surface area contributed by atoms with Crippen molar-refractivity contribution in [3.63, 3.8) is 0 Å². The topological polar surface area (TPSA) is 67.2 Å². The van der Waals surface area contributed by atoms with E-state index in [-0.39, 0.29) is 16.1 Å². The second kappa shape index (κ2) is 4.07. The molecule has 0 atom stereocenters. The highest BCUT2D eigenvalue weighted by Crippen LogP contribution is 2.30. The van der Waals surface area contributed by atoms with Gasteiger partial charge in [-0.2, -0.15) is 0 Å². The van der Waals surface area contributed by atoms with Gasteiger partial charge in [0.1, 0.15) is 10.6 Å². The molecule has 0 aliphatic heterocycles. The Morgan fingerprint density at radius 2 is 1.81 bits per heavy atom. The number of hydrogen-bond acceptors (Lipinski definition) is 3. The molecule has 0 aliphatic rings. The van der Waals surface area contributed by atoms with E-state index in [4.69, 9.17) is 9.88 Å². The standard InChI is InChI=1S/C11H16NO3S/c1-11(2,3)8-5-6-9(15-4)10(7-8)16(12,13)14/h5-7,12H,1-4H3. The Hall–Kier alpha value is -1.07. The Bertz CT molecular complexity index is 486. The van der Waals surface area contributed by atoms with Gasteiger partial charge in [0.05, 0.1) is 7.11 Å². The van der Waals surface area contributed by atoms with Crippen molar-refractivity contribution < 1.29 is 13.2 Å². The van der Waals surface area contributed by atoms with Crippen molar-refractivity contribution in [1.82, 2.24) is 5.14 Å². The molecular weight excluding hydrogens is 226 g/mol. The minimum Gasteiger partial charge on any atom is -0.495 e. The Balaban J connectivity index is 3.46. The molecule has 1 aromatic rings. The van der Waals surface area contributed by atoms with Gasteiger partial charge in [-0.25, -0.2) is 8.42 Å². The highest BCUT2D eigenvalue weighted by molar-refractivity contribution is 7.89. The summed E-state index contributed by atoms with van der Waals surface area (Å²) in [7, 11) is -2.61. The molecule has 0 saturated heterocycles. The first-order valence-electron chi connectivity index (χ1n) is 4.84. The minimum atomic E-state index is -4.00. The number of methoxy groups -OCH3 is 1. The molecule has 0 spiro atoms. The first kappa shape index (κ1) is 13.0. The largest absolute Gasteiger partial charge is 0.495 e. The van der Waals surface area contributed by atoms with Gasteiger partial charge in [0.2, 0.25) is 0 Å². The van der Waals surface area contributed by atoms with Crippen molar-refractivity contribution >= 4 is 10.0 Å². The molecule has 0 bridgehead atoms. The molecule has 1 rings (SSSR count). The van der Waals surface area contributed by atoms with E-state index in [1.807, 2.05) is 26.8 Å². The number of hydrogen-bond donors (Lipinski definition) is 0. The van der Waals surface area contributed by atoms with Gasteiger partial charge in [-0.05, 0) is 23.1 Å². The van der Waals surface area contributed by atoms with Crippen molar-refractivity contribution in [2.75, 3.05) is 7.11 Å². The van der Waals surface area contributed by atoms with Crippen LogP contribution in [0.25, 0.3) is 0 Å². The zero-order valence-electron chi connectivity index (χ0n) is 9.87. The van der Waals surface area contributed by atoms with Gasteiger partial charge in [-0.3, -0.25) is 0 Å². The predicted octanol–water partition coefficient (Wildman–Crippen LogP) is 1.96. The van der Waals surface area contributed by atoms with Gasteiger partial charge in [0.25, 0.3) is 10.0 Å². The average molecular weight is 242 g/mol. The van der Waals surface area contributed by atoms with Gasteiger partial charge in [0.15, 0.2) is 0 Å². The Kier molecular flexibility index (Phi) is 3.30. The van der Waals surface area contributed by atoms with Crippen molar-refractivity contribution in [2.45, 2.75) is 31.1 Å². The lowest BCUT2D eigenvalue weighted by Gasteiger charge is -2.20. The van der Waals surface area contributed by atoms with E-state index >= 15 is 0 Å². The quantitative estimate of drug-likeness (QED) is 0.796. The number of rotatable bonds is 2. The molecule has 0 saturated carbocycles. The lowest BCUT2D eigenvalue weighted by Crippen LogP contribution is -2.13. The van der Waals surface area contributed by atoms with Crippen molar-refractivity contribution in [3.8, 4) is 5.75 Å². The van der Waals surface area contributed by atoms with Crippen LogP contribution >= 0.6 is 0 Å². The van der Waals surface area contributed by atoms with Crippen LogP contribution in [0.5, 0.6) is 5.75 Å². The summed E-state index contributed by atoms with van der Waals surface area (Å²) in [5.74, 6) is 0.211. The smallest absolute Gasteiger partial charge is 0.257 e. The fraction of sp³-hybridized carbons (Fsp3) is 0.455. The Labute approximate surface area is 96.5 Å². The van der Waals surface area contributed by atoms with Crippen molar-refractivity contribution in [1.29, 1.82) is 0 Å². The second-order valence-electron chi connectivity index (χ2n) is 4.62. The zero-order valence-corrected chi connectivity index (χ0v) is 10.7. The normalized spacial score (nSPS) is 12.6. The summed E-state index contributed by atoms with van der Waals surface area (Å²) in [6.45, 7) is 5.94. The summed E-state index contributed by atoms with van der Waals surface area (Å²) in [5, 5.41) is 7.11. The van der Waals surface area contributed by atoms with Crippen LogP contribution in [0.4, 0.5) is 0 Å².